The van der Waals surface area contributed by atoms with Gasteiger partial charge >= 0.3 is 6.18 Å². The van der Waals surface area contributed by atoms with E-state index in [-0.39, 0.29) is 22.9 Å². The second kappa shape index (κ2) is 8.99. The highest BCUT2D eigenvalue weighted by molar-refractivity contribution is 7.99. The first kappa shape index (κ1) is 22.6. The lowest BCUT2D eigenvalue weighted by atomic mass is 10.2. The van der Waals surface area contributed by atoms with Crippen molar-refractivity contribution in [3.63, 3.8) is 0 Å². The van der Waals surface area contributed by atoms with Crippen molar-refractivity contribution in [1.29, 1.82) is 0 Å². The fourth-order valence-corrected chi connectivity index (χ4v) is 4.52. The summed E-state index contributed by atoms with van der Waals surface area (Å²) in [6.07, 6.45) is -4.63. The van der Waals surface area contributed by atoms with Crippen molar-refractivity contribution >= 4 is 56.5 Å². The van der Waals surface area contributed by atoms with Crippen molar-refractivity contribution in [3.05, 3.63) is 50.6 Å². The molecule has 1 N–H and O–H groups in total. The van der Waals surface area contributed by atoms with E-state index in [1.807, 2.05) is 13.8 Å². The van der Waals surface area contributed by atoms with Gasteiger partial charge in [-0.15, -0.1) is 11.3 Å². The molecule has 0 spiro atoms. The Morgan fingerprint density at radius 1 is 1.33 bits per heavy atom. The van der Waals surface area contributed by atoms with Gasteiger partial charge in [-0.25, -0.2) is 4.98 Å². The topological polar surface area (TPSA) is 64.0 Å². The summed E-state index contributed by atoms with van der Waals surface area (Å²) in [5.74, 6) is -0.458. The maximum absolute atomic E-state index is 13.0. The number of anilines is 1. The van der Waals surface area contributed by atoms with Crippen molar-refractivity contribution in [2.45, 2.75) is 31.7 Å². The second-order valence-electron chi connectivity index (χ2n) is 6.87. The molecule has 1 amide bonds. The van der Waals surface area contributed by atoms with E-state index < -0.39 is 22.7 Å². The lowest BCUT2D eigenvalue weighted by Gasteiger charge is -2.14. The van der Waals surface area contributed by atoms with Crippen molar-refractivity contribution in [2.75, 3.05) is 11.1 Å². The highest BCUT2D eigenvalue weighted by Crippen LogP contribution is 2.36. The summed E-state index contributed by atoms with van der Waals surface area (Å²) in [5.41, 5.74) is -0.650. The number of hydrogen-bond acceptors (Lipinski definition) is 5. The summed E-state index contributed by atoms with van der Waals surface area (Å²) in [5, 5.41) is 4.15. The predicted molar refractivity (Wildman–Crippen MR) is 115 cm³/mol. The van der Waals surface area contributed by atoms with Crippen LogP contribution in [0.25, 0.3) is 10.2 Å². The number of amides is 1. The normalized spacial score (nSPS) is 12.0. The molecule has 0 radical (unpaired) electrons. The Kier molecular flexibility index (Phi) is 6.78. The number of fused-ring (bicyclic) bond motifs is 1. The molecule has 0 bridgehead atoms. The average molecular weight is 476 g/mol. The Balaban J connectivity index is 1.78. The number of halogens is 4. The first-order chi connectivity index (χ1) is 14.1. The fourth-order valence-electron chi connectivity index (χ4n) is 2.71. The van der Waals surface area contributed by atoms with Crippen LogP contribution < -0.4 is 10.9 Å². The largest absolute Gasteiger partial charge is 0.417 e. The zero-order chi connectivity index (χ0) is 22.1. The molecule has 0 unspecified atom stereocenters. The number of thioether (sulfide) groups is 1. The van der Waals surface area contributed by atoms with Gasteiger partial charge < -0.3 is 5.32 Å². The number of benzene rings is 1. The molecule has 0 atom stereocenters. The van der Waals surface area contributed by atoms with Crippen LogP contribution in [0.1, 0.15) is 19.4 Å². The van der Waals surface area contributed by atoms with E-state index in [9.17, 15) is 22.8 Å². The Morgan fingerprint density at radius 3 is 2.73 bits per heavy atom. The van der Waals surface area contributed by atoms with E-state index in [2.05, 4.69) is 10.3 Å². The Bertz CT molecular complexity index is 1140. The minimum Gasteiger partial charge on any atom is -0.325 e. The third kappa shape index (κ3) is 5.16. The average Bonchev–Trinajstić information content (AvgIpc) is 3.12. The molecule has 3 aromatic rings. The molecular formula is C19H17ClF3N3O2S2. The van der Waals surface area contributed by atoms with Gasteiger partial charge in [0.1, 0.15) is 4.70 Å². The maximum atomic E-state index is 13.0. The van der Waals surface area contributed by atoms with Gasteiger partial charge in [-0.3, -0.25) is 14.2 Å². The third-order valence-electron chi connectivity index (χ3n) is 3.97. The Morgan fingerprint density at radius 2 is 2.07 bits per heavy atom. The molecule has 0 aliphatic heterocycles. The van der Waals surface area contributed by atoms with Gasteiger partial charge in [0.25, 0.3) is 5.56 Å². The molecule has 3 rings (SSSR count). The summed E-state index contributed by atoms with van der Waals surface area (Å²) in [6, 6.07) is 4.90. The monoisotopic (exact) mass is 475 g/mol. The number of alkyl halides is 3. The van der Waals surface area contributed by atoms with Crippen LogP contribution in [0.15, 0.2) is 39.6 Å². The molecule has 0 aliphatic rings. The third-order valence-corrected chi connectivity index (χ3v) is 6.16. The maximum Gasteiger partial charge on any atom is 0.417 e. The standard InChI is InChI=1S/C19H17ClF3N3O2S2/c1-10(2)8-26-17(28)16-14(5-6-29-16)25-18(26)30-9-15(27)24-11-3-4-13(20)12(7-11)19(21,22)23/h3-7,10H,8-9H2,1-2H3,(H,24,27). The number of thiophene rings is 1. The zero-order valence-electron chi connectivity index (χ0n) is 15.9. The quantitative estimate of drug-likeness (QED) is 0.377. The number of nitrogens with one attached hydrogen (secondary N) is 1. The van der Waals surface area contributed by atoms with E-state index in [0.717, 1.165) is 23.9 Å². The van der Waals surface area contributed by atoms with Crippen LogP contribution in [-0.2, 0) is 17.5 Å². The number of aromatic nitrogens is 2. The summed E-state index contributed by atoms with van der Waals surface area (Å²) in [7, 11) is 0. The van der Waals surface area contributed by atoms with E-state index in [4.69, 9.17) is 11.6 Å². The number of nitrogens with zero attached hydrogens (tertiary/aromatic N) is 2. The van der Waals surface area contributed by atoms with Crippen LogP contribution in [0.2, 0.25) is 5.02 Å². The minimum absolute atomic E-state index is 0.0156. The molecule has 0 fully saturated rings. The molecular weight excluding hydrogens is 459 g/mol. The molecule has 0 aliphatic carbocycles. The summed E-state index contributed by atoms with van der Waals surface area (Å²) < 4.78 is 41.0. The van der Waals surface area contributed by atoms with Crippen molar-refractivity contribution < 1.29 is 18.0 Å². The molecule has 30 heavy (non-hydrogen) atoms. The molecule has 0 saturated heterocycles. The molecule has 0 saturated carbocycles. The summed E-state index contributed by atoms with van der Waals surface area (Å²) in [6.45, 7) is 4.37. The van der Waals surface area contributed by atoms with Crippen LogP contribution in [0.3, 0.4) is 0 Å². The second-order valence-corrected chi connectivity index (χ2v) is 9.13. The van der Waals surface area contributed by atoms with E-state index >= 15 is 0 Å². The fraction of sp³-hybridized carbons (Fsp3) is 0.316. The van der Waals surface area contributed by atoms with Crippen LogP contribution in [0, 0.1) is 5.92 Å². The van der Waals surface area contributed by atoms with Crippen LogP contribution in [0.4, 0.5) is 18.9 Å². The number of carbonyl (C=O) groups excluding carboxylic acids is 1. The van der Waals surface area contributed by atoms with Gasteiger partial charge in [0, 0.05) is 12.2 Å². The van der Waals surface area contributed by atoms with Crippen molar-refractivity contribution in [3.8, 4) is 0 Å². The molecule has 2 heterocycles. The van der Waals surface area contributed by atoms with Gasteiger partial charge in [0.05, 0.1) is 21.9 Å². The molecule has 11 heteroatoms. The van der Waals surface area contributed by atoms with Crippen molar-refractivity contribution in [2.24, 2.45) is 5.92 Å². The smallest absolute Gasteiger partial charge is 0.325 e. The first-order valence-corrected chi connectivity index (χ1v) is 11.1. The highest BCUT2D eigenvalue weighted by atomic mass is 35.5. The van der Waals surface area contributed by atoms with Gasteiger partial charge in [-0.05, 0) is 35.6 Å². The lowest BCUT2D eigenvalue weighted by Crippen LogP contribution is -2.25. The lowest BCUT2D eigenvalue weighted by molar-refractivity contribution is -0.137. The number of carbonyl (C=O) groups is 1. The first-order valence-electron chi connectivity index (χ1n) is 8.83. The van der Waals surface area contributed by atoms with Crippen LogP contribution >= 0.6 is 34.7 Å². The molecule has 5 nitrogen and oxygen atoms in total. The van der Waals surface area contributed by atoms with E-state index in [1.165, 1.54) is 22.0 Å². The summed E-state index contributed by atoms with van der Waals surface area (Å²) in [4.78, 5) is 29.5. The van der Waals surface area contributed by atoms with Gasteiger partial charge in [-0.1, -0.05) is 37.2 Å². The number of hydrogen-bond donors (Lipinski definition) is 1. The van der Waals surface area contributed by atoms with Crippen LogP contribution in [0.5, 0.6) is 0 Å². The summed E-state index contributed by atoms with van der Waals surface area (Å²) >= 11 is 7.96. The van der Waals surface area contributed by atoms with Gasteiger partial charge in [0.15, 0.2) is 5.16 Å². The molecule has 1 aromatic carbocycles. The Labute approximate surface area is 183 Å². The SMILES string of the molecule is CC(C)Cn1c(SCC(=O)Nc2ccc(Cl)c(C(F)(F)F)c2)nc2ccsc2c1=O. The van der Waals surface area contributed by atoms with Gasteiger partial charge in [0.2, 0.25) is 5.91 Å². The zero-order valence-corrected chi connectivity index (χ0v) is 18.3. The predicted octanol–water partition coefficient (Wildman–Crippen LogP) is 5.52. The molecule has 2 aromatic heterocycles. The Hall–Kier alpha value is -2.04. The van der Waals surface area contributed by atoms with E-state index in [0.29, 0.717) is 21.9 Å². The molecule has 160 valence electrons. The number of rotatable bonds is 6. The van der Waals surface area contributed by atoms with Crippen molar-refractivity contribution in [1.82, 2.24) is 9.55 Å². The minimum atomic E-state index is -4.63. The van der Waals surface area contributed by atoms with Gasteiger partial charge in [-0.2, -0.15) is 13.2 Å². The van der Waals surface area contributed by atoms with Crippen LogP contribution in [-0.4, -0.2) is 21.2 Å². The van der Waals surface area contributed by atoms with E-state index in [1.54, 1.807) is 11.4 Å². The highest BCUT2D eigenvalue weighted by Gasteiger charge is 2.33.